The molecule has 122 valence electrons. The molecule has 4 rings (SSSR count). The second-order valence-corrected chi connectivity index (χ2v) is 7.08. The molecule has 24 heavy (non-hydrogen) atoms. The van der Waals surface area contributed by atoms with Gasteiger partial charge in [0.1, 0.15) is 12.6 Å². The third-order valence-corrected chi connectivity index (χ3v) is 5.58. The minimum atomic E-state index is -0.516. The molecule has 0 bridgehead atoms. The fourth-order valence-electron chi connectivity index (χ4n) is 3.41. The first kappa shape index (κ1) is 15.3. The van der Waals surface area contributed by atoms with Crippen molar-refractivity contribution in [2.24, 2.45) is 0 Å². The van der Waals surface area contributed by atoms with Gasteiger partial charge in [-0.2, -0.15) is 0 Å². The summed E-state index contributed by atoms with van der Waals surface area (Å²) in [6, 6.07) is 16.0. The van der Waals surface area contributed by atoms with E-state index in [1.54, 1.807) is 0 Å². The van der Waals surface area contributed by atoms with Gasteiger partial charge in [-0.05, 0) is 28.7 Å². The maximum Gasteiger partial charge on any atom is 0.407 e. The van der Waals surface area contributed by atoms with Crippen LogP contribution in [0.15, 0.2) is 48.5 Å². The minimum absolute atomic E-state index is 0.0171. The first-order valence-corrected chi connectivity index (χ1v) is 9.01. The smallest absolute Gasteiger partial charge is 0.407 e. The highest BCUT2D eigenvalue weighted by Crippen LogP contribution is 2.44. The van der Waals surface area contributed by atoms with Gasteiger partial charge in [-0.15, -0.1) is 0 Å². The lowest BCUT2D eigenvalue weighted by atomic mass is 9.98. The molecule has 1 amide bonds. The van der Waals surface area contributed by atoms with Crippen molar-refractivity contribution in [3.8, 4) is 11.1 Å². The maximum atomic E-state index is 12.0. The molecule has 1 aliphatic carbocycles. The van der Waals surface area contributed by atoms with E-state index >= 15 is 0 Å². The molecule has 1 aliphatic heterocycles. The first-order chi connectivity index (χ1) is 11.7. The molecule has 0 radical (unpaired) electrons. The molecule has 5 heteroatoms. The zero-order valence-corrected chi connectivity index (χ0v) is 13.8. The summed E-state index contributed by atoms with van der Waals surface area (Å²) in [5.74, 6) is 0.796. The third kappa shape index (κ3) is 2.69. The van der Waals surface area contributed by atoms with Gasteiger partial charge < -0.3 is 10.1 Å². The number of amides is 1. The largest absolute Gasteiger partial charge is 0.449 e. The van der Waals surface area contributed by atoms with Crippen molar-refractivity contribution in [3.05, 3.63) is 59.7 Å². The molecule has 2 aromatic rings. The topological polar surface area (TPSA) is 55.4 Å². The number of ether oxygens (including phenoxy) is 1. The first-order valence-electron chi connectivity index (χ1n) is 8.02. The summed E-state index contributed by atoms with van der Waals surface area (Å²) >= 11 is 1.26. The Kier molecular flexibility index (Phi) is 4.02. The van der Waals surface area contributed by atoms with E-state index in [0.29, 0.717) is 6.42 Å². The van der Waals surface area contributed by atoms with Crippen LogP contribution in [0.25, 0.3) is 11.1 Å². The number of rotatable bonds is 3. The fraction of sp³-hybridized carbons (Fsp3) is 0.263. The lowest BCUT2D eigenvalue weighted by Gasteiger charge is -2.16. The average molecular weight is 339 g/mol. The van der Waals surface area contributed by atoms with Crippen LogP contribution in [0.2, 0.25) is 0 Å². The lowest BCUT2D eigenvalue weighted by Crippen LogP contribution is -2.38. The quantitative estimate of drug-likeness (QED) is 0.929. The summed E-state index contributed by atoms with van der Waals surface area (Å²) in [4.78, 5) is 23.6. The zero-order valence-electron chi connectivity index (χ0n) is 13.0. The van der Waals surface area contributed by atoms with E-state index in [2.05, 4.69) is 29.6 Å². The van der Waals surface area contributed by atoms with E-state index in [-0.39, 0.29) is 17.6 Å². The molecular formula is C19H17NO3S. The molecule has 1 saturated heterocycles. The molecule has 1 atom stereocenters. The van der Waals surface area contributed by atoms with Crippen LogP contribution in [-0.4, -0.2) is 29.6 Å². The Hall–Kier alpha value is -2.27. The van der Waals surface area contributed by atoms with E-state index in [4.69, 9.17) is 4.74 Å². The van der Waals surface area contributed by atoms with Crippen LogP contribution in [0, 0.1) is 0 Å². The standard InChI is InChI=1S/C19H17NO3S/c21-18-17(9-10-24-18)20-19(22)23-11-16-14-7-3-1-5-12(14)13-6-2-4-8-15(13)16/h1-8,16-17H,9-11H2,(H,20,22)/t17-/m0/s1. The summed E-state index contributed by atoms with van der Waals surface area (Å²) in [5.41, 5.74) is 4.76. The molecule has 1 N–H and O–H groups in total. The zero-order chi connectivity index (χ0) is 16.5. The van der Waals surface area contributed by atoms with Gasteiger partial charge in [0.25, 0.3) is 0 Å². The Morgan fingerprint density at radius 1 is 1.08 bits per heavy atom. The van der Waals surface area contributed by atoms with Gasteiger partial charge in [-0.3, -0.25) is 4.79 Å². The maximum absolute atomic E-state index is 12.0. The van der Waals surface area contributed by atoms with Gasteiger partial charge in [0.05, 0.1) is 0 Å². The molecule has 1 heterocycles. The van der Waals surface area contributed by atoms with E-state index in [1.807, 2.05) is 24.3 Å². The van der Waals surface area contributed by atoms with Crippen LogP contribution in [0.5, 0.6) is 0 Å². The van der Waals surface area contributed by atoms with E-state index in [9.17, 15) is 9.59 Å². The SMILES string of the molecule is O=C(N[C@H]1CCSC1=O)OCC1c2ccccc2-c2ccccc21. The molecule has 0 unspecified atom stereocenters. The summed E-state index contributed by atoms with van der Waals surface area (Å²) in [6.45, 7) is 0.272. The van der Waals surface area contributed by atoms with Crippen molar-refractivity contribution in [2.45, 2.75) is 18.4 Å². The number of hydrogen-bond acceptors (Lipinski definition) is 4. The number of benzene rings is 2. The molecule has 2 aliphatic rings. The number of nitrogens with one attached hydrogen (secondary N) is 1. The second-order valence-electron chi connectivity index (χ2n) is 5.98. The van der Waals surface area contributed by atoms with Crippen molar-refractivity contribution in [3.63, 3.8) is 0 Å². The van der Waals surface area contributed by atoms with Gasteiger partial charge in [0, 0.05) is 11.7 Å². The van der Waals surface area contributed by atoms with Crippen LogP contribution >= 0.6 is 11.8 Å². The summed E-state index contributed by atoms with van der Waals surface area (Å²) in [5, 5.41) is 2.69. The molecule has 4 nitrogen and oxygen atoms in total. The number of carbonyl (C=O) groups is 2. The molecule has 0 aromatic heterocycles. The number of hydrogen-bond donors (Lipinski definition) is 1. The molecule has 0 spiro atoms. The Bertz CT molecular complexity index is 759. The van der Waals surface area contributed by atoms with Crippen molar-refractivity contribution < 1.29 is 14.3 Å². The van der Waals surface area contributed by atoms with Crippen LogP contribution in [0.4, 0.5) is 4.79 Å². The van der Waals surface area contributed by atoms with E-state index in [1.165, 1.54) is 34.0 Å². The number of fused-ring (bicyclic) bond motifs is 3. The molecule has 0 saturated carbocycles. The van der Waals surface area contributed by atoms with Crippen molar-refractivity contribution in [1.82, 2.24) is 5.32 Å². The van der Waals surface area contributed by atoms with Gasteiger partial charge >= 0.3 is 6.09 Å². The second kappa shape index (κ2) is 6.32. The number of thioether (sulfide) groups is 1. The van der Waals surface area contributed by atoms with Crippen LogP contribution in [0.3, 0.4) is 0 Å². The Balaban J connectivity index is 1.48. The van der Waals surface area contributed by atoms with Crippen LogP contribution in [-0.2, 0) is 9.53 Å². The Morgan fingerprint density at radius 2 is 1.71 bits per heavy atom. The normalized spacial score (nSPS) is 19.0. The summed E-state index contributed by atoms with van der Waals surface area (Å²) in [6.07, 6.45) is 0.158. The Morgan fingerprint density at radius 3 is 2.29 bits per heavy atom. The highest BCUT2D eigenvalue weighted by atomic mass is 32.2. The third-order valence-electron chi connectivity index (χ3n) is 4.57. The van der Waals surface area contributed by atoms with Gasteiger partial charge in [-0.1, -0.05) is 60.3 Å². The summed E-state index contributed by atoms with van der Waals surface area (Å²) in [7, 11) is 0. The average Bonchev–Trinajstić information content (AvgIpc) is 3.15. The van der Waals surface area contributed by atoms with E-state index in [0.717, 1.165) is 5.75 Å². The van der Waals surface area contributed by atoms with Gasteiger partial charge in [-0.25, -0.2) is 4.79 Å². The molecule has 1 fully saturated rings. The summed E-state index contributed by atoms with van der Waals surface area (Å²) < 4.78 is 5.44. The van der Waals surface area contributed by atoms with Crippen molar-refractivity contribution in [2.75, 3.05) is 12.4 Å². The van der Waals surface area contributed by atoms with Crippen molar-refractivity contribution >= 4 is 23.0 Å². The van der Waals surface area contributed by atoms with Crippen LogP contribution in [0.1, 0.15) is 23.5 Å². The number of carbonyl (C=O) groups excluding carboxylic acids is 2. The molecular weight excluding hydrogens is 322 g/mol. The predicted molar refractivity (Wildman–Crippen MR) is 94.1 cm³/mol. The van der Waals surface area contributed by atoms with Gasteiger partial charge in [0.15, 0.2) is 0 Å². The number of alkyl carbamates (subject to hydrolysis) is 1. The molecule has 2 aromatic carbocycles. The monoisotopic (exact) mass is 339 g/mol. The van der Waals surface area contributed by atoms with E-state index < -0.39 is 12.1 Å². The van der Waals surface area contributed by atoms with Gasteiger partial charge in [0.2, 0.25) is 5.12 Å². The van der Waals surface area contributed by atoms with Crippen molar-refractivity contribution in [1.29, 1.82) is 0 Å². The fourth-order valence-corrected chi connectivity index (χ4v) is 4.34. The predicted octanol–water partition coefficient (Wildman–Crippen LogP) is 3.56. The lowest BCUT2D eigenvalue weighted by molar-refractivity contribution is -0.112. The highest BCUT2D eigenvalue weighted by molar-refractivity contribution is 8.14. The highest BCUT2D eigenvalue weighted by Gasteiger charge is 2.30. The Labute approximate surface area is 144 Å². The minimum Gasteiger partial charge on any atom is -0.449 e. The van der Waals surface area contributed by atoms with Crippen LogP contribution < -0.4 is 5.32 Å².